The average molecular weight is 266 g/mol. The zero-order valence-corrected chi connectivity index (χ0v) is 8.63. The van der Waals surface area contributed by atoms with E-state index >= 15 is 0 Å². The van der Waals surface area contributed by atoms with Gasteiger partial charge >= 0.3 is 5.97 Å². The van der Waals surface area contributed by atoms with Gasteiger partial charge in [0.05, 0.1) is 0 Å². The van der Waals surface area contributed by atoms with Crippen LogP contribution < -0.4 is 0 Å². The highest BCUT2D eigenvalue weighted by molar-refractivity contribution is 14.1. The van der Waals surface area contributed by atoms with Gasteiger partial charge in [-0.05, 0) is 30.3 Å². The summed E-state index contributed by atoms with van der Waals surface area (Å²) in [6, 6.07) is 0. The molecule has 2 nitrogen and oxygen atoms in total. The fourth-order valence-electron chi connectivity index (χ4n) is 1.09. The van der Waals surface area contributed by atoms with Crippen molar-refractivity contribution in [2.45, 2.75) is 25.4 Å². The third kappa shape index (κ3) is 2.47. The lowest BCUT2D eigenvalue weighted by Crippen LogP contribution is -2.23. The van der Waals surface area contributed by atoms with Crippen LogP contribution in [-0.2, 0) is 9.53 Å². The lowest BCUT2D eigenvalue weighted by atomic mass is 10.0. The van der Waals surface area contributed by atoms with E-state index in [-0.39, 0.29) is 11.6 Å². The molecular formula is C8H11IO2. The van der Waals surface area contributed by atoms with Crippen molar-refractivity contribution in [2.75, 3.05) is 4.43 Å². The maximum atomic E-state index is 10.7. The van der Waals surface area contributed by atoms with Crippen LogP contribution in [-0.4, -0.2) is 16.0 Å². The highest BCUT2D eigenvalue weighted by atomic mass is 127. The van der Waals surface area contributed by atoms with Gasteiger partial charge in [0.2, 0.25) is 0 Å². The summed E-state index contributed by atoms with van der Waals surface area (Å²) in [5.41, 5.74) is -0.317. The van der Waals surface area contributed by atoms with Gasteiger partial charge in [0.15, 0.2) is 0 Å². The maximum absolute atomic E-state index is 10.7. The Labute approximate surface area is 80.1 Å². The Kier molecular flexibility index (Phi) is 2.92. The van der Waals surface area contributed by atoms with E-state index in [1.165, 1.54) is 6.08 Å². The van der Waals surface area contributed by atoms with Crippen LogP contribution >= 0.6 is 22.6 Å². The monoisotopic (exact) mass is 266 g/mol. The lowest BCUT2D eigenvalue weighted by Gasteiger charge is -2.20. The first-order chi connectivity index (χ1) is 5.16. The molecule has 0 amide bonds. The maximum Gasteiger partial charge on any atom is 0.331 e. The third-order valence-electron chi connectivity index (χ3n) is 1.71. The van der Waals surface area contributed by atoms with Crippen molar-refractivity contribution in [3.8, 4) is 0 Å². The van der Waals surface area contributed by atoms with Crippen molar-refractivity contribution < 1.29 is 9.53 Å². The highest BCUT2D eigenvalue weighted by Crippen LogP contribution is 2.24. The van der Waals surface area contributed by atoms with Crippen LogP contribution in [0.1, 0.15) is 19.8 Å². The first-order valence-electron chi connectivity index (χ1n) is 3.64. The van der Waals surface area contributed by atoms with E-state index in [1.807, 2.05) is 13.0 Å². The van der Waals surface area contributed by atoms with E-state index in [1.54, 1.807) is 0 Å². The predicted molar refractivity (Wildman–Crippen MR) is 51.8 cm³/mol. The Morgan fingerprint density at radius 2 is 2.45 bits per heavy atom. The first kappa shape index (κ1) is 9.03. The van der Waals surface area contributed by atoms with Crippen LogP contribution in [0.3, 0.4) is 0 Å². The second-order valence-corrected chi connectivity index (χ2v) is 3.94. The molecule has 0 saturated carbocycles. The third-order valence-corrected chi connectivity index (χ3v) is 2.48. The van der Waals surface area contributed by atoms with Gasteiger partial charge in [0, 0.05) is 6.08 Å². The number of halogens is 1. The summed E-state index contributed by atoms with van der Waals surface area (Å²) in [7, 11) is 0. The van der Waals surface area contributed by atoms with Crippen molar-refractivity contribution in [2.24, 2.45) is 0 Å². The molecule has 1 atom stereocenters. The van der Waals surface area contributed by atoms with Gasteiger partial charge in [0.1, 0.15) is 5.60 Å². The number of esters is 1. The number of carbonyl (C=O) groups is 1. The molecule has 3 heteroatoms. The van der Waals surface area contributed by atoms with E-state index in [2.05, 4.69) is 22.6 Å². The highest BCUT2D eigenvalue weighted by Gasteiger charge is 2.29. The molecule has 0 aromatic heterocycles. The fraction of sp³-hybridized carbons (Fsp3) is 0.625. The molecule has 1 heterocycles. The molecule has 1 aliphatic heterocycles. The molecule has 0 N–H and O–H groups in total. The summed E-state index contributed by atoms with van der Waals surface area (Å²) in [5.74, 6) is -0.207. The van der Waals surface area contributed by atoms with Crippen LogP contribution in [0.5, 0.6) is 0 Å². The van der Waals surface area contributed by atoms with Crippen LogP contribution in [0.2, 0.25) is 0 Å². The number of ether oxygens (including phenoxy) is 1. The Bertz CT molecular complexity index is 189. The predicted octanol–water partition coefficient (Wildman–Crippen LogP) is 2.07. The number of rotatable bonds is 3. The number of hydrogen-bond acceptors (Lipinski definition) is 2. The normalized spacial score (nSPS) is 29.1. The van der Waals surface area contributed by atoms with Crippen molar-refractivity contribution in [1.29, 1.82) is 0 Å². The molecule has 1 rings (SSSR count). The molecule has 0 aliphatic carbocycles. The van der Waals surface area contributed by atoms with Crippen molar-refractivity contribution in [1.82, 2.24) is 0 Å². The SMILES string of the molecule is CC1(CCCI)C=CC(=O)O1. The molecule has 0 radical (unpaired) electrons. The van der Waals surface area contributed by atoms with Gasteiger partial charge in [-0.25, -0.2) is 4.79 Å². The van der Waals surface area contributed by atoms with Gasteiger partial charge in [0.25, 0.3) is 0 Å². The van der Waals surface area contributed by atoms with Gasteiger partial charge in [-0.1, -0.05) is 22.6 Å². The molecular weight excluding hydrogens is 255 g/mol. The molecule has 0 spiro atoms. The fourth-order valence-corrected chi connectivity index (χ4v) is 1.48. The molecule has 0 fully saturated rings. The number of alkyl halides is 1. The van der Waals surface area contributed by atoms with Crippen LogP contribution in [0.4, 0.5) is 0 Å². The smallest absolute Gasteiger partial charge is 0.331 e. The molecule has 0 aromatic rings. The topological polar surface area (TPSA) is 26.3 Å². The molecule has 1 unspecified atom stereocenters. The van der Waals surface area contributed by atoms with E-state index in [9.17, 15) is 4.79 Å². The Morgan fingerprint density at radius 3 is 2.91 bits per heavy atom. The summed E-state index contributed by atoms with van der Waals surface area (Å²) in [4.78, 5) is 10.7. The van der Waals surface area contributed by atoms with Crippen LogP contribution in [0.25, 0.3) is 0 Å². The lowest BCUT2D eigenvalue weighted by molar-refractivity contribution is -0.144. The van der Waals surface area contributed by atoms with Gasteiger partial charge in [-0.2, -0.15) is 0 Å². The number of cyclic esters (lactones) is 1. The number of carbonyl (C=O) groups excluding carboxylic acids is 1. The minimum atomic E-state index is -0.317. The van der Waals surface area contributed by atoms with Crippen LogP contribution in [0.15, 0.2) is 12.2 Å². The van der Waals surface area contributed by atoms with E-state index < -0.39 is 0 Å². The second-order valence-electron chi connectivity index (χ2n) is 2.86. The average Bonchev–Trinajstić information content (AvgIpc) is 2.28. The largest absolute Gasteiger partial charge is 0.452 e. The Morgan fingerprint density at radius 1 is 1.73 bits per heavy atom. The van der Waals surface area contributed by atoms with Gasteiger partial charge in [-0.3, -0.25) is 0 Å². The summed E-state index contributed by atoms with van der Waals surface area (Å²) < 4.78 is 6.21. The standard InChI is InChI=1S/C8H11IO2/c1-8(4-2-6-9)5-3-7(10)11-8/h3,5H,2,4,6H2,1H3. The second kappa shape index (κ2) is 3.56. The number of hydrogen-bond donors (Lipinski definition) is 0. The van der Waals surface area contributed by atoms with Crippen LogP contribution in [0, 0.1) is 0 Å². The quantitative estimate of drug-likeness (QED) is 0.444. The molecule has 0 saturated heterocycles. The van der Waals surface area contributed by atoms with Crippen molar-refractivity contribution in [3.63, 3.8) is 0 Å². The van der Waals surface area contributed by atoms with Crippen molar-refractivity contribution >= 4 is 28.6 Å². The zero-order valence-electron chi connectivity index (χ0n) is 6.47. The Hall–Kier alpha value is -0.0600. The van der Waals surface area contributed by atoms with E-state index in [0.717, 1.165) is 17.3 Å². The molecule has 0 bridgehead atoms. The van der Waals surface area contributed by atoms with E-state index in [4.69, 9.17) is 4.74 Å². The minimum Gasteiger partial charge on any atom is -0.452 e. The van der Waals surface area contributed by atoms with E-state index in [0.29, 0.717) is 0 Å². The summed E-state index contributed by atoms with van der Waals surface area (Å²) in [5, 5.41) is 0. The minimum absolute atomic E-state index is 0.207. The molecule has 11 heavy (non-hydrogen) atoms. The summed E-state index contributed by atoms with van der Waals surface area (Å²) in [6.07, 6.45) is 5.38. The zero-order chi connectivity index (χ0) is 8.32. The van der Waals surface area contributed by atoms with Gasteiger partial charge in [-0.15, -0.1) is 0 Å². The molecule has 1 aliphatic rings. The first-order valence-corrected chi connectivity index (χ1v) is 5.17. The Balaban J connectivity index is 2.43. The van der Waals surface area contributed by atoms with Gasteiger partial charge < -0.3 is 4.74 Å². The molecule has 62 valence electrons. The molecule has 0 aromatic carbocycles. The summed E-state index contributed by atoms with van der Waals surface area (Å²) >= 11 is 2.32. The van der Waals surface area contributed by atoms with Crippen molar-refractivity contribution in [3.05, 3.63) is 12.2 Å². The summed E-state index contributed by atoms with van der Waals surface area (Å²) in [6.45, 7) is 1.95.